The van der Waals surface area contributed by atoms with Gasteiger partial charge in [-0.2, -0.15) is 5.10 Å². The molecular formula is C21H16N4O5S2. The summed E-state index contributed by atoms with van der Waals surface area (Å²) in [5, 5.41) is 15.5. The fourth-order valence-electron chi connectivity index (χ4n) is 2.77. The average Bonchev–Trinajstić information content (AvgIpc) is 3.40. The Kier molecular flexibility index (Phi) is 6.47. The van der Waals surface area contributed by atoms with Crippen LogP contribution in [0.2, 0.25) is 0 Å². The predicted octanol–water partition coefficient (Wildman–Crippen LogP) is 5.11. The SMILES string of the molecule is CCOc1ccc2nc(Sc3ccc(/C=N\NC(=O)c4ccccc4[N+](=O)[O-])o3)sc2c1. The van der Waals surface area contributed by atoms with Crippen molar-refractivity contribution < 1.29 is 18.9 Å². The quantitative estimate of drug-likeness (QED) is 0.217. The minimum absolute atomic E-state index is 0.0753. The van der Waals surface area contributed by atoms with E-state index in [9.17, 15) is 14.9 Å². The minimum Gasteiger partial charge on any atom is -0.494 e. The van der Waals surface area contributed by atoms with Crippen LogP contribution in [0.3, 0.4) is 0 Å². The highest BCUT2D eigenvalue weighted by molar-refractivity contribution is 8.01. The first-order valence-corrected chi connectivity index (χ1v) is 11.0. The third kappa shape index (κ3) is 4.95. The van der Waals surface area contributed by atoms with Crippen LogP contribution >= 0.6 is 23.1 Å². The smallest absolute Gasteiger partial charge is 0.282 e. The maximum absolute atomic E-state index is 12.2. The lowest BCUT2D eigenvalue weighted by molar-refractivity contribution is -0.385. The van der Waals surface area contributed by atoms with Gasteiger partial charge in [0.1, 0.15) is 17.1 Å². The molecule has 4 aromatic rings. The number of nitro benzene ring substituents is 1. The molecule has 0 radical (unpaired) electrons. The maximum Gasteiger partial charge on any atom is 0.282 e. The number of ether oxygens (including phenoxy) is 1. The molecule has 0 spiro atoms. The van der Waals surface area contributed by atoms with E-state index in [1.54, 1.807) is 18.2 Å². The number of furan rings is 1. The van der Waals surface area contributed by atoms with Crippen molar-refractivity contribution >= 4 is 51.1 Å². The number of carbonyl (C=O) groups excluding carboxylic acids is 1. The molecule has 2 aromatic carbocycles. The highest BCUT2D eigenvalue weighted by Crippen LogP contribution is 2.36. The van der Waals surface area contributed by atoms with Crippen LogP contribution in [0.1, 0.15) is 23.0 Å². The molecule has 0 unspecified atom stereocenters. The van der Waals surface area contributed by atoms with Crippen LogP contribution in [0.25, 0.3) is 10.2 Å². The van der Waals surface area contributed by atoms with Gasteiger partial charge in [0.05, 0.1) is 28.0 Å². The number of nitro groups is 1. The second-order valence-corrected chi connectivity index (χ2v) is 8.56. The number of thiazole rings is 1. The zero-order valence-corrected chi connectivity index (χ0v) is 18.3. The number of amides is 1. The number of fused-ring (bicyclic) bond motifs is 1. The van der Waals surface area contributed by atoms with E-state index in [1.807, 2.05) is 25.1 Å². The van der Waals surface area contributed by atoms with Gasteiger partial charge in [0.25, 0.3) is 11.6 Å². The Morgan fingerprint density at radius 3 is 2.97 bits per heavy atom. The van der Waals surface area contributed by atoms with Crippen LogP contribution in [0, 0.1) is 10.1 Å². The molecular weight excluding hydrogens is 452 g/mol. The maximum atomic E-state index is 12.2. The molecule has 32 heavy (non-hydrogen) atoms. The highest BCUT2D eigenvalue weighted by atomic mass is 32.2. The van der Waals surface area contributed by atoms with Gasteiger partial charge in [0.2, 0.25) is 0 Å². The van der Waals surface area contributed by atoms with Crippen molar-refractivity contribution in [2.75, 3.05) is 6.61 Å². The van der Waals surface area contributed by atoms with Gasteiger partial charge in [-0.25, -0.2) is 10.4 Å². The number of benzene rings is 2. The van der Waals surface area contributed by atoms with E-state index >= 15 is 0 Å². The Labute approximate surface area is 190 Å². The van der Waals surface area contributed by atoms with E-state index in [0.717, 1.165) is 20.3 Å². The summed E-state index contributed by atoms with van der Waals surface area (Å²) in [6.07, 6.45) is 1.32. The standard InChI is InChI=1S/C21H16N4O5S2/c1-2-29-13-7-9-16-18(11-13)31-21(23-16)32-19-10-8-14(30-19)12-22-24-20(26)15-5-3-4-6-17(15)25(27)28/h3-12H,2H2,1H3,(H,24,26)/b22-12-. The number of nitrogens with one attached hydrogen (secondary N) is 1. The predicted molar refractivity (Wildman–Crippen MR) is 122 cm³/mol. The van der Waals surface area contributed by atoms with E-state index in [-0.39, 0.29) is 11.3 Å². The molecule has 2 aromatic heterocycles. The van der Waals surface area contributed by atoms with Gasteiger partial charge in [-0.15, -0.1) is 11.3 Å². The molecule has 0 saturated carbocycles. The summed E-state index contributed by atoms with van der Waals surface area (Å²) in [6, 6.07) is 14.9. The van der Waals surface area contributed by atoms with Gasteiger partial charge in [-0.05, 0) is 55.1 Å². The zero-order chi connectivity index (χ0) is 22.5. The number of hydrogen-bond donors (Lipinski definition) is 1. The van der Waals surface area contributed by atoms with Gasteiger partial charge in [-0.3, -0.25) is 14.9 Å². The molecule has 1 N–H and O–H groups in total. The lowest BCUT2D eigenvalue weighted by Crippen LogP contribution is -2.18. The summed E-state index contributed by atoms with van der Waals surface area (Å²) in [4.78, 5) is 27.2. The number of nitrogens with zero attached hydrogens (tertiary/aromatic N) is 3. The number of para-hydroxylation sites is 1. The fraction of sp³-hybridized carbons (Fsp3) is 0.0952. The van der Waals surface area contributed by atoms with Crippen molar-refractivity contribution in [2.45, 2.75) is 16.4 Å². The number of aromatic nitrogens is 1. The summed E-state index contributed by atoms with van der Waals surface area (Å²) in [7, 11) is 0. The topological polar surface area (TPSA) is 120 Å². The zero-order valence-electron chi connectivity index (χ0n) is 16.7. The summed E-state index contributed by atoms with van der Waals surface area (Å²) in [6.45, 7) is 2.54. The van der Waals surface area contributed by atoms with Gasteiger partial charge >= 0.3 is 0 Å². The molecule has 0 aliphatic carbocycles. The molecule has 0 bridgehead atoms. The molecule has 0 aliphatic rings. The van der Waals surface area contributed by atoms with E-state index in [4.69, 9.17) is 9.15 Å². The van der Waals surface area contributed by atoms with Crippen molar-refractivity contribution in [3.05, 3.63) is 76.0 Å². The number of carbonyl (C=O) groups is 1. The molecule has 0 fully saturated rings. The van der Waals surface area contributed by atoms with Gasteiger partial charge in [-0.1, -0.05) is 12.1 Å². The van der Waals surface area contributed by atoms with Crippen LogP contribution in [0.15, 0.2) is 73.5 Å². The van der Waals surface area contributed by atoms with Gasteiger partial charge in [0, 0.05) is 6.07 Å². The number of rotatable bonds is 8. The minimum atomic E-state index is -0.685. The Balaban J connectivity index is 1.40. The second-order valence-electron chi connectivity index (χ2n) is 6.27. The van der Waals surface area contributed by atoms with Crippen molar-refractivity contribution in [3.8, 4) is 5.75 Å². The molecule has 2 heterocycles. The van der Waals surface area contributed by atoms with Crippen molar-refractivity contribution in [1.82, 2.24) is 10.4 Å². The van der Waals surface area contributed by atoms with Crippen molar-refractivity contribution in [3.63, 3.8) is 0 Å². The summed E-state index contributed by atoms with van der Waals surface area (Å²) < 4.78 is 13.0. The molecule has 0 aliphatic heterocycles. The van der Waals surface area contributed by atoms with E-state index in [0.29, 0.717) is 17.5 Å². The van der Waals surface area contributed by atoms with E-state index in [2.05, 4.69) is 15.5 Å². The van der Waals surface area contributed by atoms with Crippen LogP contribution in [0.5, 0.6) is 5.75 Å². The first-order chi connectivity index (χ1) is 15.5. The van der Waals surface area contributed by atoms with Crippen LogP contribution in [0.4, 0.5) is 5.69 Å². The summed E-state index contributed by atoms with van der Waals surface area (Å²) in [5.41, 5.74) is 2.79. The van der Waals surface area contributed by atoms with Crippen LogP contribution < -0.4 is 10.2 Å². The molecule has 1 amide bonds. The van der Waals surface area contributed by atoms with Crippen LogP contribution in [-0.2, 0) is 0 Å². The second kappa shape index (κ2) is 9.62. The summed E-state index contributed by atoms with van der Waals surface area (Å²) >= 11 is 2.90. The van der Waals surface area contributed by atoms with Gasteiger partial charge < -0.3 is 9.15 Å². The normalized spacial score (nSPS) is 11.2. The molecule has 9 nitrogen and oxygen atoms in total. The molecule has 0 atom stereocenters. The molecule has 4 rings (SSSR count). The van der Waals surface area contributed by atoms with Crippen LogP contribution in [-0.4, -0.2) is 28.6 Å². The fourth-order valence-corrected chi connectivity index (χ4v) is 4.77. The van der Waals surface area contributed by atoms with Gasteiger partial charge in [0.15, 0.2) is 9.43 Å². The lowest BCUT2D eigenvalue weighted by atomic mass is 10.2. The third-order valence-electron chi connectivity index (χ3n) is 4.14. The van der Waals surface area contributed by atoms with E-state index < -0.39 is 10.8 Å². The van der Waals surface area contributed by atoms with Crippen molar-refractivity contribution in [1.29, 1.82) is 0 Å². The molecule has 0 saturated heterocycles. The first kappa shape index (κ1) is 21.5. The lowest BCUT2D eigenvalue weighted by Gasteiger charge is -2.00. The van der Waals surface area contributed by atoms with E-state index in [1.165, 1.54) is 47.5 Å². The molecule has 11 heteroatoms. The largest absolute Gasteiger partial charge is 0.494 e. The average molecular weight is 469 g/mol. The Morgan fingerprint density at radius 2 is 2.16 bits per heavy atom. The third-order valence-corrected chi connectivity index (χ3v) is 6.14. The Hall–Kier alpha value is -3.70. The number of hydrogen-bond acceptors (Lipinski definition) is 9. The monoisotopic (exact) mass is 468 g/mol. The van der Waals surface area contributed by atoms with Crippen molar-refractivity contribution in [2.24, 2.45) is 5.10 Å². The Morgan fingerprint density at radius 1 is 1.31 bits per heavy atom. The first-order valence-electron chi connectivity index (χ1n) is 9.41. The highest BCUT2D eigenvalue weighted by Gasteiger charge is 2.18. The Bertz CT molecular complexity index is 1310. The number of hydrazone groups is 1. The summed E-state index contributed by atoms with van der Waals surface area (Å²) in [5.74, 6) is 0.533. The molecule has 162 valence electrons.